The molecule has 0 aliphatic carbocycles. The van der Waals surface area contributed by atoms with Gasteiger partial charge in [-0.2, -0.15) is 0 Å². The fraction of sp³-hybridized carbons (Fsp3) is 0.550. The number of hydrogen-bond donors (Lipinski definition) is 0. The summed E-state index contributed by atoms with van der Waals surface area (Å²) in [5, 5.41) is 2.18. The second-order valence-corrected chi connectivity index (χ2v) is 8.40. The van der Waals surface area contributed by atoms with Crippen LogP contribution in [-0.4, -0.2) is 41.3 Å². The van der Waals surface area contributed by atoms with E-state index in [9.17, 15) is 0 Å². The van der Waals surface area contributed by atoms with Gasteiger partial charge in [0, 0.05) is 43.2 Å². The Kier molecular flexibility index (Phi) is 4.91. The van der Waals surface area contributed by atoms with Crippen LogP contribution in [0, 0.1) is 13.8 Å². The van der Waals surface area contributed by atoms with Crippen molar-refractivity contribution < 1.29 is 9.47 Å². The summed E-state index contributed by atoms with van der Waals surface area (Å²) in [5.41, 5.74) is 3.48. The van der Waals surface area contributed by atoms with Gasteiger partial charge in [-0.1, -0.05) is 6.07 Å². The highest BCUT2D eigenvalue weighted by Gasteiger charge is 2.47. The van der Waals surface area contributed by atoms with Crippen molar-refractivity contribution in [1.29, 1.82) is 0 Å². The summed E-state index contributed by atoms with van der Waals surface area (Å²) in [6, 6.07) is 8.31. The number of aromatic nitrogens is 1. The predicted octanol–water partition coefficient (Wildman–Crippen LogP) is 3.71. The zero-order chi connectivity index (χ0) is 17.3. The van der Waals surface area contributed by atoms with E-state index in [1.807, 2.05) is 36.5 Å². The standard InChI is InChI=1S/C20H26N2O2S/c1-15-7-9-25-19(15)11-22-13-20(14-22)10-18(6-8-24-20)23-12-17-5-3-4-16(2)21-17/h3-5,7,9,18H,6,8,10-14H2,1-2H3/t18-/m1/s1. The van der Waals surface area contributed by atoms with Crippen LogP contribution in [0.4, 0.5) is 0 Å². The quantitative estimate of drug-likeness (QED) is 0.816. The summed E-state index contributed by atoms with van der Waals surface area (Å²) in [6.45, 7) is 8.71. The van der Waals surface area contributed by atoms with Crippen LogP contribution in [0.2, 0.25) is 0 Å². The SMILES string of the molecule is Cc1cccc(CO[C@@H]2CCOC3(C2)CN(Cc2sccc2C)C3)n1. The fourth-order valence-corrected chi connectivity index (χ4v) is 4.83. The van der Waals surface area contributed by atoms with Gasteiger partial charge in [-0.05, 0) is 49.4 Å². The average molecular weight is 359 g/mol. The molecule has 0 radical (unpaired) electrons. The molecular formula is C20H26N2O2S. The van der Waals surface area contributed by atoms with Crippen molar-refractivity contribution in [3.63, 3.8) is 0 Å². The molecule has 2 fully saturated rings. The largest absolute Gasteiger partial charge is 0.372 e. The van der Waals surface area contributed by atoms with Crippen LogP contribution in [0.1, 0.15) is 34.7 Å². The summed E-state index contributed by atoms with van der Waals surface area (Å²) in [7, 11) is 0. The first-order valence-corrected chi connectivity index (χ1v) is 9.93. The lowest BCUT2D eigenvalue weighted by Gasteiger charge is -2.53. The Morgan fingerprint density at radius 2 is 2.20 bits per heavy atom. The van der Waals surface area contributed by atoms with E-state index < -0.39 is 0 Å². The molecule has 25 heavy (non-hydrogen) atoms. The van der Waals surface area contributed by atoms with E-state index in [1.165, 1.54) is 10.4 Å². The van der Waals surface area contributed by atoms with Crippen LogP contribution in [0.5, 0.6) is 0 Å². The lowest BCUT2D eigenvalue weighted by atomic mass is 9.84. The zero-order valence-electron chi connectivity index (χ0n) is 15.0. The van der Waals surface area contributed by atoms with Gasteiger partial charge in [0.1, 0.15) is 0 Å². The first-order chi connectivity index (χ1) is 12.1. The lowest BCUT2D eigenvalue weighted by molar-refractivity contribution is -0.200. The molecule has 134 valence electrons. The topological polar surface area (TPSA) is 34.6 Å². The molecule has 0 N–H and O–H groups in total. The molecule has 4 heterocycles. The van der Waals surface area contributed by atoms with Gasteiger partial charge in [-0.25, -0.2) is 0 Å². The Morgan fingerprint density at radius 1 is 1.32 bits per heavy atom. The molecule has 2 aromatic heterocycles. The van der Waals surface area contributed by atoms with E-state index in [4.69, 9.17) is 9.47 Å². The summed E-state index contributed by atoms with van der Waals surface area (Å²) in [6.07, 6.45) is 2.26. The van der Waals surface area contributed by atoms with Crippen LogP contribution in [0.15, 0.2) is 29.6 Å². The van der Waals surface area contributed by atoms with Crippen LogP contribution < -0.4 is 0 Å². The van der Waals surface area contributed by atoms with Crippen molar-refractivity contribution in [3.05, 3.63) is 51.5 Å². The molecule has 1 atom stereocenters. The Morgan fingerprint density at radius 3 is 2.96 bits per heavy atom. The third-order valence-electron chi connectivity index (χ3n) is 5.22. The number of pyridine rings is 1. The molecule has 0 unspecified atom stereocenters. The molecule has 0 aromatic carbocycles. The Labute approximate surface area is 153 Å². The molecule has 5 heteroatoms. The monoisotopic (exact) mass is 358 g/mol. The minimum Gasteiger partial charge on any atom is -0.372 e. The molecule has 0 bridgehead atoms. The maximum absolute atomic E-state index is 6.16. The Balaban J connectivity index is 1.28. The van der Waals surface area contributed by atoms with E-state index >= 15 is 0 Å². The van der Waals surface area contributed by atoms with Gasteiger partial charge in [0.2, 0.25) is 0 Å². The van der Waals surface area contributed by atoms with Crippen LogP contribution in [0.3, 0.4) is 0 Å². The zero-order valence-corrected chi connectivity index (χ0v) is 15.8. The van der Waals surface area contributed by atoms with Gasteiger partial charge in [0.15, 0.2) is 0 Å². The molecule has 2 aliphatic heterocycles. The molecule has 2 saturated heterocycles. The maximum Gasteiger partial charge on any atom is 0.0959 e. The third-order valence-corrected chi connectivity index (χ3v) is 6.23. The van der Waals surface area contributed by atoms with Crippen molar-refractivity contribution in [2.45, 2.75) is 51.5 Å². The highest BCUT2D eigenvalue weighted by molar-refractivity contribution is 7.10. The van der Waals surface area contributed by atoms with Gasteiger partial charge >= 0.3 is 0 Å². The highest BCUT2D eigenvalue weighted by Crippen LogP contribution is 2.37. The molecule has 0 amide bonds. The first-order valence-electron chi connectivity index (χ1n) is 9.05. The number of nitrogens with zero attached hydrogens (tertiary/aromatic N) is 2. The van der Waals surface area contributed by atoms with E-state index in [0.29, 0.717) is 6.61 Å². The fourth-order valence-electron chi connectivity index (χ4n) is 3.88. The summed E-state index contributed by atoms with van der Waals surface area (Å²) in [4.78, 5) is 8.49. The maximum atomic E-state index is 6.16. The second-order valence-electron chi connectivity index (χ2n) is 7.40. The van der Waals surface area contributed by atoms with Crippen molar-refractivity contribution in [2.24, 2.45) is 0 Å². The Bertz CT molecular complexity index is 724. The highest BCUT2D eigenvalue weighted by atomic mass is 32.1. The number of hydrogen-bond acceptors (Lipinski definition) is 5. The summed E-state index contributed by atoms with van der Waals surface area (Å²) in [5.74, 6) is 0. The molecule has 4 rings (SSSR count). The van der Waals surface area contributed by atoms with Crippen molar-refractivity contribution in [2.75, 3.05) is 19.7 Å². The first kappa shape index (κ1) is 17.2. The molecule has 1 spiro atoms. The van der Waals surface area contributed by atoms with Gasteiger partial charge < -0.3 is 9.47 Å². The van der Waals surface area contributed by atoms with E-state index in [-0.39, 0.29) is 11.7 Å². The van der Waals surface area contributed by atoms with E-state index in [2.05, 4.69) is 28.3 Å². The van der Waals surface area contributed by atoms with Crippen LogP contribution in [-0.2, 0) is 22.6 Å². The minimum atomic E-state index is 0.00805. The third kappa shape index (κ3) is 3.95. The molecule has 0 saturated carbocycles. The second kappa shape index (κ2) is 7.16. The average Bonchev–Trinajstić information content (AvgIpc) is 2.97. The van der Waals surface area contributed by atoms with Gasteiger partial charge in [0.05, 0.1) is 24.0 Å². The molecule has 2 aromatic rings. The smallest absolute Gasteiger partial charge is 0.0959 e. The molecular weight excluding hydrogens is 332 g/mol. The van der Waals surface area contributed by atoms with Crippen molar-refractivity contribution in [3.8, 4) is 0 Å². The van der Waals surface area contributed by atoms with Gasteiger partial charge in [-0.3, -0.25) is 9.88 Å². The summed E-state index contributed by atoms with van der Waals surface area (Å²) >= 11 is 1.86. The number of ether oxygens (including phenoxy) is 2. The van der Waals surface area contributed by atoms with Crippen molar-refractivity contribution in [1.82, 2.24) is 9.88 Å². The minimum absolute atomic E-state index is 0.00805. The van der Waals surface area contributed by atoms with Crippen LogP contribution >= 0.6 is 11.3 Å². The number of likely N-dealkylation sites (tertiary alicyclic amines) is 1. The van der Waals surface area contributed by atoms with Crippen LogP contribution in [0.25, 0.3) is 0 Å². The van der Waals surface area contributed by atoms with Crippen molar-refractivity contribution >= 4 is 11.3 Å². The number of rotatable bonds is 5. The molecule has 2 aliphatic rings. The summed E-state index contributed by atoms with van der Waals surface area (Å²) < 4.78 is 12.3. The lowest BCUT2D eigenvalue weighted by Crippen LogP contribution is -2.65. The molecule has 4 nitrogen and oxygen atoms in total. The predicted molar refractivity (Wildman–Crippen MR) is 99.8 cm³/mol. The van der Waals surface area contributed by atoms with Gasteiger partial charge in [-0.15, -0.1) is 11.3 Å². The normalized spacial score (nSPS) is 22.9. The van der Waals surface area contributed by atoms with Gasteiger partial charge in [0.25, 0.3) is 0 Å². The number of aryl methyl sites for hydroxylation is 2. The Hall–Kier alpha value is -1.27. The number of thiophene rings is 1. The van der Waals surface area contributed by atoms with E-state index in [0.717, 1.165) is 50.5 Å². The van der Waals surface area contributed by atoms with E-state index in [1.54, 1.807) is 0 Å².